The van der Waals surface area contributed by atoms with E-state index < -0.39 is 0 Å². The molecule has 0 aliphatic carbocycles. The van der Waals surface area contributed by atoms with E-state index in [2.05, 4.69) is 37.1 Å². The second kappa shape index (κ2) is 5.89. The van der Waals surface area contributed by atoms with Crippen LogP contribution < -0.4 is 4.90 Å². The van der Waals surface area contributed by atoms with Gasteiger partial charge in [-0.25, -0.2) is 4.98 Å². The van der Waals surface area contributed by atoms with Crippen LogP contribution in [0.15, 0.2) is 11.4 Å². The number of thiophene rings is 1. The van der Waals surface area contributed by atoms with Crippen molar-refractivity contribution in [2.24, 2.45) is 0 Å². The molecule has 3 nitrogen and oxygen atoms in total. The fourth-order valence-corrected chi connectivity index (χ4v) is 4.93. The van der Waals surface area contributed by atoms with Crippen LogP contribution in [0.2, 0.25) is 0 Å². The number of hydrogen-bond acceptors (Lipinski definition) is 5. The molecular weight excluding hydrogens is 300 g/mol. The van der Waals surface area contributed by atoms with Crippen molar-refractivity contribution in [2.75, 3.05) is 11.4 Å². The lowest BCUT2D eigenvalue weighted by Crippen LogP contribution is -2.33. The number of aromatic nitrogens is 1. The summed E-state index contributed by atoms with van der Waals surface area (Å²) >= 11 is 3.39. The van der Waals surface area contributed by atoms with Gasteiger partial charge in [-0.1, -0.05) is 25.2 Å². The molecule has 0 spiro atoms. The van der Waals surface area contributed by atoms with Crippen molar-refractivity contribution in [2.45, 2.75) is 45.6 Å². The fourth-order valence-electron chi connectivity index (χ4n) is 2.86. The lowest BCUT2D eigenvalue weighted by molar-refractivity contribution is 0.112. The molecule has 5 heteroatoms. The van der Waals surface area contributed by atoms with Crippen molar-refractivity contribution >= 4 is 34.1 Å². The number of nitrogens with zero attached hydrogens (tertiary/aromatic N) is 2. The zero-order chi connectivity index (χ0) is 15.0. The zero-order valence-electron chi connectivity index (χ0n) is 12.6. The molecule has 21 heavy (non-hydrogen) atoms. The quantitative estimate of drug-likeness (QED) is 0.769. The predicted octanol–water partition coefficient (Wildman–Crippen LogP) is 4.65. The average molecular weight is 320 g/mol. The van der Waals surface area contributed by atoms with Gasteiger partial charge in [-0.05, 0) is 42.7 Å². The van der Waals surface area contributed by atoms with Crippen LogP contribution in [0.4, 0.5) is 5.13 Å². The van der Waals surface area contributed by atoms with Crippen LogP contribution in [0.1, 0.15) is 65.0 Å². The van der Waals surface area contributed by atoms with E-state index in [1.807, 2.05) is 11.3 Å². The van der Waals surface area contributed by atoms with E-state index in [1.165, 1.54) is 10.4 Å². The molecular formula is C16H20N2OS2. The molecule has 112 valence electrons. The molecule has 0 aromatic carbocycles. The molecule has 3 rings (SSSR count). The van der Waals surface area contributed by atoms with Gasteiger partial charge in [-0.2, -0.15) is 0 Å². The van der Waals surface area contributed by atoms with Crippen LogP contribution in [-0.2, 0) is 6.42 Å². The zero-order valence-corrected chi connectivity index (χ0v) is 14.3. The summed E-state index contributed by atoms with van der Waals surface area (Å²) in [4.78, 5) is 20.8. The van der Waals surface area contributed by atoms with E-state index in [9.17, 15) is 4.79 Å². The molecule has 1 aliphatic heterocycles. The van der Waals surface area contributed by atoms with Crippen LogP contribution >= 0.6 is 22.7 Å². The van der Waals surface area contributed by atoms with Gasteiger partial charge >= 0.3 is 0 Å². The molecule has 0 amide bonds. The highest BCUT2D eigenvalue weighted by atomic mass is 32.1. The minimum atomic E-state index is 0.340. The van der Waals surface area contributed by atoms with Crippen molar-refractivity contribution in [3.05, 3.63) is 32.5 Å². The summed E-state index contributed by atoms with van der Waals surface area (Å²) in [5.74, 6) is 0.340. The van der Waals surface area contributed by atoms with E-state index in [1.54, 1.807) is 11.3 Å². The first-order chi connectivity index (χ1) is 10.2. The largest absolute Gasteiger partial charge is 0.341 e. The number of anilines is 1. The number of rotatable bonds is 4. The molecule has 0 radical (unpaired) electrons. The number of aldehydes is 1. The molecule has 0 N–H and O–H groups in total. The van der Waals surface area contributed by atoms with E-state index in [4.69, 9.17) is 4.98 Å². The van der Waals surface area contributed by atoms with E-state index in [-0.39, 0.29) is 0 Å². The van der Waals surface area contributed by atoms with Crippen molar-refractivity contribution in [3.8, 4) is 0 Å². The Morgan fingerprint density at radius 2 is 2.38 bits per heavy atom. The molecule has 2 atom stereocenters. The second-order valence-corrected chi connectivity index (χ2v) is 7.60. The van der Waals surface area contributed by atoms with Crippen molar-refractivity contribution in [3.63, 3.8) is 0 Å². The van der Waals surface area contributed by atoms with Crippen LogP contribution in [0.3, 0.4) is 0 Å². The van der Waals surface area contributed by atoms with Crippen LogP contribution in [-0.4, -0.2) is 17.8 Å². The van der Waals surface area contributed by atoms with Crippen LogP contribution in [0.5, 0.6) is 0 Å². The third kappa shape index (κ3) is 2.53. The Labute approximate surface area is 133 Å². The summed E-state index contributed by atoms with van der Waals surface area (Å²) in [6.07, 6.45) is 3.05. The van der Waals surface area contributed by atoms with E-state index in [0.29, 0.717) is 12.0 Å². The van der Waals surface area contributed by atoms with E-state index in [0.717, 1.165) is 41.4 Å². The minimum absolute atomic E-state index is 0.340. The van der Waals surface area contributed by atoms with Crippen molar-refractivity contribution < 1.29 is 4.79 Å². The third-order valence-electron chi connectivity index (χ3n) is 4.38. The maximum Gasteiger partial charge on any atom is 0.186 e. The summed E-state index contributed by atoms with van der Waals surface area (Å²) in [5.41, 5.74) is 2.38. The highest BCUT2D eigenvalue weighted by Gasteiger charge is 2.28. The predicted molar refractivity (Wildman–Crippen MR) is 90.0 cm³/mol. The molecule has 3 heterocycles. The van der Waals surface area contributed by atoms with Gasteiger partial charge < -0.3 is 4.90 Å². The highest BCUT2D eigenvalue weighted by Crippen LogP contribution is 2.39. The molecule has 0 fully saturated rings. The smallest absolute Gasteiger partial charge is 0.186 e. The Bertz CT molecular complexity index is 646. The lowest BCUT2D eigenvalue weighted by atomic mass is 10.0. The van der Waals surface area contributed by atoms with Gasteiger partial charge in [0.05, 0.1) is 16.6 Å². The fraction of sp³-hybridized carbons (Fsp3) is 0.500. The summed E-state index contributed by atoms with van der Waals surface area (Å²) in [5, 5.41) is 3.17. The van der Waals surface area contributed by atoms with Gasteiger partial charge in [0.15, 0.2) is 11.4 Å². The van der Waals surface area contributed by atoms with Gasteiger partial charge in [0.2, 0.25) is 0 Å². The Hall–Kier alpha value is -1.20. The van der Waals surface area contributed by atoms with E-state index >= 15 is 0 Å². The van der Waals surface area contributed by atoms with Gasteiger partial charge in [0, 0.05) is 11.4 Å². The Morgan fingerprint density at radius 3 is 3.10 bits per heavy atom. The third-order valence-corrected chi connectivity index (χ3v) is 6.41. The number of carbonyl (C=O) groups is 1. The maximum atomic E-state index is 11.3. The maximum absolute atomic E-state index is 11.3. The number of hydrogen-bond donors (Lipinski definition) is 0. The molecule has 0 saturated carbocycles. The van der Waals surface area contributed by atoms with Gasteiger partial charge in [0.25, 0.3) is 0 Å². The molecule has 2 unspecified atom stereocenters. The number of fused-ring (bicyclic) bond motifs is 1. The normalized spacial score (nSPS) is 19.4. The van der Waals surface area contributed by atoms with Crippen molar-refractivity contribution in [1.82, 2.24) is 4.98 Å². The minimum Gasteiger partial charge on any atom is -0.341 e. The average Bonchev–Trinajstić information content (AvgIpc) is 3.13. The first-order valence-corrected chi connectivity index (χ1v) is 9.14. The molecule has 1 aliphatic rings. The van der Waals surface area contributed by atoms with Crippen molar-refractivity contribution in [1.29, 1.82) is 0 Å². The first-order valence-electron chi connectivity index (χ1n) is 7.44. The Kier molecular flexibility index (Phi) is 4.13. The van der Waals surface area contributed by atoms with Gasteiger partial charge in [-0.3, -0.25) is 4.79 Å². The van der Waals surface area contributed by atoms with Gasteiger partial charge in [-0.15, -0.1) is 11.3 Å². The summed E-state index contributed by atoms with van der Waals surface area (Å²) < 4.78 is 0. The molecule has 2 aromatic heterocycles. The standard InChI is InChI=1S/C16H20N2OS2/c1-4-10(2)15-14(9-19)21-16(17-15)18-7-5-13-12(11(18)3)6-8-20-13/h6,8-11H,4-5,7H2,1-3H3. The first kappa shape index (κ1) is 14.7. The topological polar surface area (TPSA) is 33.2 Å². The number of thiazole rings is 1. The Balaban J connectivity index is 1.95. The highest BCUT2D eigenvalue weighted by molar-refractivity contribution is 7.17. The van der Waals surface area contributed by atoms with Crippen LogP contribution in [0, 0.1) is 0 Å². The number of carbonyl (C=O) groups excluding carboxylic acids is 1. The molecule has 0 saturated heterocycles. The summed E-state index contributed by atoms with van der Waals surface area (Å²) in [7, 11) is 0. The lowest BCUT2D eigenvalue weighted by Gasteiger charge is -2.33. The summed E-state index contributed by atoms with van der Waals surface area (Å²) in [6, 6.07) is 2.57. The summed E-state index contributed by atoms with van der Waals surface area (Å²) in [6.45, 7) is 7.50. The molecule has 0 bridgehead atoms. The Morgan fingerprint density at radius 1 is 1.57 bits per heavy atom. The SMILES string of the molecule is CCC(C)c1nc(N2CCc3sccc3C2C)sc1C=O. The van der Waals surface area contributed by atoms with Gasteiger partial charge in [0.1, 0.15) is 0 Å². The van der Waals surface area contributed by atoms with Crippen LogP contribution in [0.25, 0.3) is 0 Å². The second-order valence-electron chi connectivity index (χ2n) is 5.59. The monoisotopic (exact) mass is 320 g/mol. The molecule has 2 aromatic rings.